The average molecular weight is 244 g/mol. The molecule has 0 bridgehead atoms. The highest BCUT2D eigenvalue weighted by atomic mass is 35.5. The van der Waals surface area contributed by atoms with Gasteiger partial charge in [-0.1, -0.05) is 13.8 Å². The number of hydrogen-bond donors (Lipinski definition) is 0. The lowest BCUT2D eigenvalue weighted by molar-refractivity contribution is 0.185. The molecule has 0 N–H and O–H groups in total. The summed E-state index contributed by atoms with van der Waals surface area (Å²) in [6.07, 6.45) is 4.32. The Bertz CT molecular complexity index is 294. The summed E-state index contributed by atoms with van der Waals surface area (Å²) in [5, 5.41) is 4.42. The Morgan fingerprint density at radius 1 is 1.44 bits per heavy atom. The van der Waals surface area contributed by atoms with Gasteiger partial charge in [-0.2, -0.15) is 5.10 Å². The number of aryl methyl sites for hydroxylation is 1. The first kappa shape index (κ1) is 13.5. The summed E-state index contributed by atoms with van der Waals surface area (Å²) in [4.78, 5) is 2.43. The SMILES string of the molecule is CCC(CC)N(CCCl)Cc1ccn(C)n1. The summed E-state index contributed by atoms with van der Waals surface area (Å²) in [6, 6.07) is 2.68. The summed E-state index contributed by atoms with van der Waals surface area (Å²) in [5.41, 5.74) is 1.12. The van der Waals surface area contributed by atoms with Gasteiger partial charge in [-0.05, 0) is 18.9 Å². The Morgan fingerprint density at radius 3 is 2.56 bits per heavy atom. The first-order chi connectivity index (χ1) is 7.71. The third-order valence-corrected chi connectivity index (χ3v) is 3.13. The highest BCUT2D eigenvalue weighted by molar-refractivity contribution is 6.18. The first-order valence-corrected chi connectivity index (χ1v) is 6.53. The van der Waals surface area contributed by atoms with Crippen molar-refractivity contribution in [1.82, 2.24) is 14.7 Å². The molecule has 0 aromatic carbocycles. The Morgan fingerprint density at radius 2 is 2.12 bits per heavy atom. The molecular formula is C12H22ClN3. The van der Waals surface area contributed by atoms with Gasteiger partial charge < -0.3 is 0 Å². The molecule has 1 aromatic heterocycles. The normalized spacial score (nSPS) is 11.6. The van der Waals surface area contributed by atoms with E-state index in [-0.39, 0.29) is 0 Å². The fourth-order valence-electron chi connectivity index (χ4n) is 2.06. The van der Waals surface area contributed by atoms with E-state index in [0.29, 0.717) is 11.9 Å². The summed E-state index contributed by atoms with van der Waals surface area (Å²) >= 11 is 5.86. The summed E-state index contributed by atoms with van der Waals surface area (Å²) in [5.74, 6) is 0.684. The third kappa shape index (κ3) is 3.80. The van der Waals surface area contributed by atoms with Crippen molar-refractivity contribution < 1.29 is 0 Å². The lowest BCUT2D eigenvalue weighted by Gasteiger charge is -2.28. The molecule has 0 saturated heterocycles. The number of nitrogens with zero attached hydrogens (tertiary/aromatic N) is 3. The maximum atomic E-state index is 5.86. The zero-order valence-electron chi connectivity index (χ0n) is 10.5. The van der Waals surface area contributed by atoms with E-state index >= 15 is 0 Å². The smallest absolute Gasteiger partial charge is 0.0764 e. The second-order valence-electron chi connectivity index (χ2n) is 4.11. The molecule has 16 heavy (non-hydrogen) atoms. The van der Waals surface area contributed by atoms with Crippen molar-refractivity contribution >= 4 is 11.6 Å². The lowest BCUT2D eigenvalue weighted by Crippen LogP contribution is -2.35. The van der Waals surface area contributed by atoms with E-state index in [4.69, 9.17) is 11.6 Å². The van der Waals surface area contributed by atoms with Gasteiger partial charge in [0.1, 0.15) is 0 Å². The molecule has 0 fully saturated rings. The van der Waals surface area contributed by atoms with Gasteiger partial charge in [0.05, 0.1) is 5.69 Å². The Balaban J connectivity index is 2.63. The minimum absolute atomic E-state index is 0.612. The molecule has 1 aromatic rings. The van der Waals surface area contributed by atoms with E-state index < -0.39 is 0 Å². The van der Waals surface area contributed by atoms with Crippen molar-refractivity contribution in [3.63, 3.8) is 0 Å². The number of hydrogen-bond acceptors (Lipinski definition) is 2. The van der Waals surface area contributed by atoms with Crippen LogP contribution in [0.25, 0.3) is 0 Å². The van der Waals surface area contributed by atoms with Crippen molar-refractivity contribution in [1.29, 1.82) is 0 Å². The number of halogens is 1. The molecule has 0 amide bonds. The van der Waals surface area contributed by atoms with Crippen LogP contribution >= 0.6 is 11.6 Å². The summed E-state index contributed by atoms with van der Waals surface area (Å²) in [7, 11) is 1.95. The van der Waals surface area contributed by atoms with Crippen LogP contribution in [-0.2, 0) is 13.6 Å². The number of aromatic nitrogens is 2. The number of rotatable bonds is 7. The first-order valence-electron chi connectivity index (χ1n) is 5.99. The van der Waals surface area contributed by atoms with Gasteiger partial charge in [0.15, 0.2) is 0 Å². The van der Waals surface area contributed by atoms with Crippen molar-refractivity contribution in [3.8, 4) is 0 Å². The van der Waals surface area contributed by atoms with Crippen LogP contribution in [0.3, 0.4) is 0 Å². The minimum Gasteiger partial charge on any atom is -0.293 e. The van der Waals surface area contributed by atoms with Gasteiger partial charge in [-0.25, -0.2) is 0 Å². The zero-order chi connectivity index (χ0) is 12.0. The van der Waals surface area contributed by atoms with Gasteiger partial charge in [-0.3, -0.25) is 9.58 Å². The molecule has 0 saturated carbocycles. The van der Waals surface area contributed by atoms with E-state index in [0.717, 1.165) is 18.8 Å². The molecule has 1 heterocycles. The number of alkyl halides is 1. The van der Waals surface area contributed by atoms with E-state index in [9.17, 15) is 0 Å². The monoisotopic (exact) mass is 243 g/mol. The molecule has 0 spiro atoms. The maximum Gasteiger partial charge on any atom is 0.0764 e. The third-order valence-electron chi connectivity index (χ3n) is 2.96. The maximum absolute atomic E-state index is 5.86. The second kappa shape index (κ2) is 6.92. The van der Waals surface area contributed by atoms with Crippen molar-refractivity contribution in [2.75, 3.05) is 12.4 Å². The van der Waals surface area contributed by atoms with Crippen molar-refractivity contribution in [3.05, 3.63) is 18.0 Å². The summed E-state index contributed by atoms with van der Waals surface area (Å²) < 4.78 is 1.85. The average Bonchev–Trinajstić information content (AvgIpc) is 2.66. The van der Waals surface area contributed by atoms with Crippen LogP contribution in [0.15, 0.2) is 12.3 Å². The van der Waals surface area contributed by atoms with Gasteiger partial charge in [-0.15, -0.1) is 11.6 Å². The predicted molar refractivity (Wildman–Crippen MR) is 68.7 cm³/mol. The second-order valence-corrected chi connectivity index (χ2v) is 4.49. The molecule has 1 rings (SSSR count). The molecular weight excluding hydrogens is 222 g/mol. The minimum atomic E-state index is 0.612. The largest absolute Gasteiger partial charge is 0.293 e. The molecule has 0 aliphatic rings. The van der Waals surface area contributed by atoms with Crippen LogP contribution in [0.1, 0.15) is 32.4 Å². The van der Waals surface area contributed by atoms with E-state index in [2.05, 4.69) is 29.9 Å². The Kier molecular flexibility index (Phi) is 5.85. The predicted octanol–water partition coefficient (Wildman–Crippen LogP) is 2.65. The molecule has 3 nitrogen and oxygen atoms in total. The highest BCUT2D eigenvalue weighted by Crippen LogP contribution is 2.12. The lowest BCUT2D eigenvalue weighted by atomic mass is 10.1. The molecule has 0 unspecified atom stereocenters. The van der Waals surface area contributed by atoms with Crippen LogP contribution in [0.2, 0.25) is 0 Å². The molecule has 4 heteroatoms. The van der Waals surface area contributed by atoms with E-state index in [1.165, 1.54) is 12.8 Å². The zero-order valence-corrected chi connectivity index (χ0v) is 11.2. The fourth-order valence-corrected chi connectivity index (χ4v) is 2.28. The van der Waals surface area contributed by atoms with E-state index in [1.807, 2.05) is 17.9 Å². The molecule has 92 valence electrons. The summed E-state index contributed by atoms with van der Waals surface area (Å²) in [6.45, 7) is 6.30. The highest BCUT2D eigenvalue weighted by Gasteiger charge is 2.15. The fraction of sp³-hybridized carbons (Fsp3) is 0.750. The van der Waals surface area contributed by atoms with Gasteiger partial charge in [0.2, 0.25) is 0 Å². The van der Waals surface area contributed by atoms with Crippen LogP contribution in [-0.4, -0.2) is 33.1 Å². The van der Waals surface area contributed by atoms with Gasteiger partial charge in [0.25, 0.3) is 0 Å². The van der Waals surface area contributed by atoms with Crippen LogP contribution in [0.5, 0.6) is 0 Å². The van der Waals surface area contributed by atoms with Crippen molar-refractivity contribution in [2.45, 2.75) is 39.3 Å². The standard InChI is InChI=1S/C12H22ClN3/c1-4-12(5-2)16(9-7-13)10-11-6-8-15(3)14-11/h6,8,12H,4-5,7,9-10H2,1-3H3. The van der Waals surface area contributed by atoms with Crippen LogP contribution in [0, 0.1) is 0 Å². The van der Waals surface area contributed by atoms with Crippen molar-refractivity contribution in [2.24, 2.45) is 7.05 Å². The molecule has 0 radical (unpaired) electrons. The molecule has 0 atom stereocenters. The Labute approximate surface area is 103 Å². The Hall–Kier alpha value is -0.540. The van der Waals surface area contributed by atoms with Crippen LogP contribution < -0.4 is 0 Å². The quantitative estimate of drug-likeness (QED) is 0.687. The topological polar surface area (TPSA) is 21.1 Å². The van der Waals surface area contributed by atoms with E-state index in [1.54, 1.807) is 0 Å². The van der Waals surface area contributed by atoms with Gasteiger partial charge in [0, 0.05) is 38.3 Å². The molecule has 0 aliphatic carbocycles. The molecule has 0 aliphatic heterocycles. The van der Waals surface area contributed by atoms with Gasteiger partial charge >= 0.3 is 0 Å². The van der Waals surface area contributed by atoms with Crippen LogP contribution in [0.4, 0.5) is 0 Å².